The Balaban J connectivity index is 1.32. The third kappa shape index (κ3) is 5.77. The molecule has 192 valence electrons. The molecule has 1 aromatic carbocycles. The second-order valence-electron chi connectivity index (χ2n) is 9.85. The topological polar surface area (TPSA) is 56.9 Å². The molecule has 0 saturated carbocycles. The van der Waals surface area contributed by atoms with Crippen molar-refractivity contribution in [2.75, 3.05) is 32.4 Å². The summed E-state index contributed by atoms with van der Waals surface area (Å²) in [4.78, 5) is 8.42. The van der Waals surface area contributed by atoms with E-state index in [-0.39, 0.29) is 5.50 Å². The van der Waals surface area contributed by atoms with Crippen LogP contribution in [0.3, 0.4) is 0 Å². The van der Waals surface area contributed by atoms with Crippen LogP contribution in [0, 0.1) is 18.7 Å². The highest BCUT2D eigenvalue weighted by Crippen LogP contribution is 2.39. The molecule has 0 aliphatic carbocycles. The number of aromatic nitrogens is 1. The number of hydrazone groups is 1. The molecule has 0 amide bonds. The van der Waals surface area contributed by atoms with Gasteiger partial charge in [-0.25, -0.2) is 9.37 Å². The quantitative estimate of drug-likeness (QED) is 0.413. The van der Waals surface area contributed by atoms with Crippen LogP contribution in [-0.2, 0) is 11.6 Å². The number of thioether (sulfide) groups is 1. The molecule has 1 fully saturated rings. The van der Waals surface area contributed by atoms with Crippen LogP contribution in [0.5, 0.6) is 0 Å². The number of hydrogen-bond donors (Lipinski definition) is 1. The van der Waals surface area contributed by atoms with E-state index in [4.69, 9.17) is 4.42 Å². The monoisotopic (exact) mass is 513 g/mol. The summed E-state index contributed by atoms with van der Waals surface area (Å²) >= 11 is 1.73. The lowest BCUT2D eigenvalue weighted by Crippen LogP contribution is -2.48. The summed E-state index contributed by atoms with van der Waals surface area (Å²) in [5, 5.41) is 4.38. The minimum atomic E-state index is -4.57. The van der Waals surface area contributed by atoms with Gasteiger partial charge < -0.3 is 14.2 Å². The van der Waals surface area contributed by atoms with Crippen LogP contribution in [0.1, 0.15) is 49.3 Å². The molecule has 2 aliphatic rings. The lowest BCUT2D eigenvalue weighted by Gasteiger charge is -2.44. The van der Waals surface area contributed by atoms with Gasteiger partial charge in [0.15, 0.2) is 23.5 Å². The number of hydrogen-bond acceptors (Lipinski definition) is 7. The van der Waals surface area contributed by atoms with Gasteiger partial charge in [0.2, 0.25) is 0 Å². The molecule has 1 aromatic heterocycles. The minimum Gasteiger partial charge on any atom is -0.440 e. The zero-order valence-electron chi connectivity index (χ0n) is 20.3. The first kappa shape index (κ1) is 25.8. The van der Waals surface area contributed by atoms with Gasteiger partial charge in [0, 0.05) is 25.6 Å². The molecule has 1 N–H and O–H groups in total. The molecule has 3 atom stereocenters. The fourth-order valence-electron chi connectivity index (χ4n) is 5.13. The van der Waals surface area contributed by atoms with Gasteiger partial charge in [-0.2, -0.15) is 18.3 Å². The van der Waals surface area contributed by atoms with Crippen molar-refractivity contribution >= 4 is 17.6 Å². The molecule has 2 aliphatic heterocycles. The lowest BCUT2D eigenvalue weighted by atomic mass is 9.72. The highest BCUT2D eigenvalue weighted by atomic mass is 32.2. The van der Waals surface area contributed by atoms with Gasteiger partial charge >= 0.3 is 6.18 Å². The average molecular weight is 514 g/mol. The van der Waals surface area contributed by atoms with E-state index in [1.165, 1.54) is 12.5 Å². The largest absolute Gasteiger partial charge is 0.440 e. The standard InChI is InChI=1S/C24H31F4N5OS/c1-15-11-23(3,17-8-18(24(26,27)28)10-19(25)9-17)13-33(12-15)6-5-7-35-22-31-30-21(32(22)4)20-16(2)29-14-34-20/h8-10,14-15,22,31H,5-7,11-13H2,1-4H3/t15-,22?,23-/m1/s1. The van der Waals surface area contributed by atoms with Crippen molar-refractivity contribution in [1.82, 2.24) is 20.2 Å². The van der Waals surface area contributed by atoms with Gasteiger partial charge in [-0.15, -0.1) is 11.8 Å². The van der Waals surface area contributed by atoms with Crippen LogP contribution in [0.2, 0.25) is 0 Å². The molecule has 1 saturated heterocycles. The van der Waals surface area contributed by atoms with Gasteiger partial charge in [0.1, 0.15) is 5.82 Å². The number of likely N-dealkylation sites (tertiary alicyclic amines) is 1. The number of nitrogens with one attached hydrogen (secondary N) is 1. The number of benzene rings is 1. The van der Waals surface area contributed by atoms with Crippen LogP contribution in [0.25, 0.3) is 0 Å². The average Bonchev–Trinajstić information content (AvgIpc) is 3.34. The van der Waals surface area contributed by atoms with Gasteiger partial charge in [-0.05, 0) is 61.7 Å². The Hall–Kier alpha value is -2.27. The number of oxazole rings is 1. The van der Waals surface area contributed by atoms with Crippen molar-refractivity contribution in [3.8, 4) is 0 Å². The summed E-state index contributed by atoms with van der Waals surface area (Å²) in [6.45, 7) is 8.21. The van der Waals surface area contributed by atoms with Crippen molar-refractivity contribution in [1.29, 1.82) is 0 Å². The number of amidine groups is 1. The zero-order valence-corrected chi connectivity index (χ0v) is 21.1. The predicted octanol–water partition coefficient (Wildman–Crippen LogP) is 5.04. The number of nitrogens with zero attached hydrogens (tertiary/aromatic N) is 4. The molecule has 0 radical (unpaired) electrons. The van der Waals surface area contributed by atoms with Gasteiger partial charge in [-0.3, -0.25) is 5.43 Å². The molecule has 11 heteroatoms. The second-order valence-corrected chi connectivity index (χ2v) is 11.0. The van der Waals surface area contributed by atoms with E-state index in [1.54, 1.807) is 11.8 Å². The summed E-state index contributed by atoms with van der Waals surface area (Å²) in [6.07, 6.45) is -1.53. The predicted molar refractivity (Wildman–Crippen MR) is 129 cm³/mol. The van der Waals surface area contributed by atoms with Crippen molar-refractivity contribution in [3.05, 3.63) is 53.0 Å². The van der Waals surface area contributed by atoms with E-state index in [0.29, 0.717) is 35.7 Å². The maximum absolute atomic E-state index is 14.1. The Morgan fingerprint density at radius 1 is 1.29 bits per heavy atom. The minimum absolute atomic E-state index is 0.0203. The molecule has 3 heterocycles. The molecule has 2 aromatic rings. The van der Waals surface area contributed by atoms with E-state index in [1.807, 2.05) is 25.8 Å². The molecule has 1 unspecified atom stereocenters. The van der Waals surface area contributed by atoms with Crippen LogP contribution in [-0.4, -0.2) is 58.6 Å². The van der Waals surface area contributed by atoms with E-state index in [0.717, 1.165) is 43.4 Å². The van der Waals surface area contributed by atoms with Crippen molar-refractivity contribution in [2.24, 2.45) is 11.0 Å². The van der Waals surface area contributed by atoms with E-state index >= 15 is 0 Å². The highest BCUT2D eigenvalue weighted by Gasteiger charge is 2.39. The number of aryl methyl sites for hydroxylation is 1. The Morgan fingerprint density at radius 2 is 2.06 bits per heavy atom. The third-order valence-electron chi connectivity index (χ3n) is 6.67. The van der Waals surface area contributed by atoms with Gasteiger partial charge in [-0.1, -0.05) is 13.8 Å². The van der Waals surface area contributed by atoms with Crippen molar-refractivity contribution in [2.45, 2.75) is 50.7 Å². The highest BCUT2D eigenvalue weighted by molar-refractivity contribution is 7.99. The van der Waals surface area contributed by atoms with Crippen molar-refractivity contribution < 1.29 is 22.0 Å². The third-order valence-corrected chi connectivity index (χ3v) is 7.93. The lowest BCUT2D eigenvalue weighted by molar-refractivity contribution is -0.137. The SMILES string of the molecule is Cc1ncoc1C1=NNC(SCCCN2C[C@H](C)C[C@@](C)(c3cc(F)cc(C(F)(F)F)c3)C2)N1C. The van der Waals surface area contributed by atoms with Crippen LogP contribution in [0.15, 0.2) is 34.1 Å². The number of piperidine rings is 1. The Bertz CT molecular complexity index is 1070. The molecule has 6 nitrogen and oxygen atoms in total. The summed E-state index contributed by atoms with van der Waals surface area (Å²) in [7, 11) is 1.95. The smallest absolute Gasteiger partial charge is 0.416 e. The summed E-state index contributed by atoms with van der Waals surface area (Å²) in [5.41, 5.74) is 2.83. The first-order chi connectivity index (χ1) is 16.5. The summed E-state index contributed by atoms with van der Waals surface area (Å²) < 4.78 is 59.4. The zero-order chi connectivity index (χ0) is 25.4. The molecule has 4 rings (SSSR count). The first-order valence-electron chi connectivity index (χ1n) is 11.6. The van der Waals surface area contributed by atoms with E-state index in [2.05, 4.69) is 27.3 Å². The van der Waals surface area contributed by atoms with Crippen LogP contribution in [0.4, 0.5) is 17.6 Å². The maximum Gasteiger partial charge on any atom is 0.416 e. The Kier molecular flexibility index (Phi) is 7.38. The van der Waals surface area contributed by atoms with Crippen LogP contribution >= 0.6 is 11.8 Å². The number of rotatable bonds is 7. The number of alkyl halides is 3. The summed E-state index contributed by atoms with van der Waals surface area (Å²) in [6, 6.07) is 2.95. The molecule has 0 bridgehead atoms. The maximum atomic E-state index is 14.1. The summed E-state index contributed by atoms with van der Waals surface area (Å²) in [5.74, 6) is 1.69. The molecular formula is C24H31F4N5OS. The van der Waals surface area contributed by atoms with E-state index < -0.39 is 23.0 Å². The second kappa shape index (κ2) is 10.0. The van der Waals surface area contributed by atoms with E-state index in [9.17, 15) is 17.6 Å². The van der Waals surface area contributed by atoms with Gasteiger partial charge in [0.25, 0.3) is 0 Å². The number of halogens is 4. The normalized spacial score (nSPS) is 25.6. The molecule has 0 spiro atoms. The molecule has 35 heavy (non-hydrogen) atoms. The fraction of sp³-hybridized carbons (Fsp3) is 0.583. The first-order valence-corrected chi connectivity index (χ1v) is 12.7. The fourth-order valence-corrected chi connectivity index (χ4v) is 6.10. The van der Waals surface area contributed by atoms with Crippen LogP contribution < -0.4 is 5.43 Å². The molecular weight excluding hydrogens is 482 g/mol. The van der Waals surface area contributed by atoms with Gasteiger partial charge in [0.05, 0.1) is 11.3 Å². The Labute approximate surface area is 207 Å². The Morgan fingerprint density at radius 3 is 2.74 bits per heavy atom. The van der Waals surface area contributed by atoms with Crippen molar-refractivity contribution in [3.63, 3.8) is 0 Å².